The minimum Gasteiger partial charge on any atom is -0.382 e. The first-order chi connectivity index (χ1) is 9.01. The largest absolute Gasteiger partial charge is 0.382 e. The minimum atomic E-state index is -0.856. The Hall–Kier alpha value is -2.22. The molecule has 8 heteroatoms. The molecule has 0 aliphatic carbocycles. The van der Waals surface area contributed by atoms with Gasteiger partial charge in [0.05, 0.1) is 5.69 Å². The summed E-state index contributed by atoms with van der Waals surface area (Å²) in [6.07, 6.45) is 0. The Morgan fingerprint density at radius 3 is 2.74 bits per heavy atom. The summed E-state index contributed by atoms with van der Waals surface area (Å²) in [7, 11) is 1.64. The van der Waals surface area contributed by atoms with Crippen molar-refractivity contribution in [3.8, 4) is 0 Å². The number of hydrogen-bond donors (Lipinski definition) is 3. The van der Waals surface area contributed by atoms with Crippen LogP contribution in [0.5, 0.6) is 0 Å². The smallest absolute Gasteiger partial charge is 0.269 e. The first-order valence-electron chi connectivity index (χ1n) is 5.21. The molecule has 1 aromatic heterocycles. The zero-order chi connectivity index (χ0) is 14.0. The number of anilines is 3. The number of benzene rings is 1. The standard InChI is InChI=1S/C11H10F2N4OS/c1-15-11-17-9(14)8(19-11)10(18)16-7-3-2-5(12)4-6(7)13/h2-4H,14H2,1H3,(H,15,17)(H,16,18). The molecule has 0 atom stereocenters. The number of thiazole rings is 1. The van der Waals surface area contributed by atoms with E-state index < -0.39 is 17.5 Å². The van der Waals surface area contributed by atoms with Crippen LogP contribution in [0.15, 0.2) is 18.2 Å². The number of rotatable bonds is 3. The van der Waals surface area contributed by atoms with Gasteiger partial charge in [-0.15, -0.1) is 0 Å². The van der Waals surface area contributed by atoms with Gasteiger partial charge in [-0.1, -0.05) is 11.3 Å². The van der Waals surface area contributed by atoms with E-state index in [1.807, 2.05) is 0 Å². The second-order valence-electron chi connectivity index (χ2n) is 3.56. The molecule has 1 amide bonds. The number of amides is 1. The van der Waals surface area contributed by atoms with Gasteiger partial charge in [-0.25, -0.2) is 13.8 Å². The summed E-state index contributed by atoms with van der Waals surface area (Å²) in [6.45, 7) is 0. The van der Waals surface area contributed by atoms with Crippen LogP contribution < -0.4 is 16.4 Å². The molecule has 0 radical (unpaired) electrons. The molecular formula is C11H10F2N4OS. The highest BCUT2D eigenvalue weighted by Gasteiger charge is 2.17. The van der Waals surface area contributed by atoms with Gasteiger partial charge in [0.25, 0.3) is 5.91 Å². The average Bonchev–Trinajstić information content (AvgIpc) is 2.74. The minimum absolute atomic E-state index is 0.0503. The second-order valence-corrected chi connectivity index (χ2v) is 4.56. The van der Waals surface area contributed by atoms with Gasteiger partial charge in [-0.3, -0.25) is 4.79 Å². The molecule has 0 saturated heterocycles. The first-order valence-corrected chi connectivity index (χ1v) is 6.03. The van der Waals surface area contributed by atoms with E-state index in [0.29, 0.717) is 11.2 Å². The Balaban J connectivity index is 2.23. The van der Waals surface area contributed by atoms with Crippen LogP contribution in [0.2, 0.25) is 0 Å². The van der Waals surface area contributed by atoms with Gasteiger partial charge in [0.15, 0.2) is 5.13 Å². The number of nitrogen functional groups attached to an aromatic ring is 1. The number of carbonyl (C=O) groups excluding carboxylic acids is 1. The maximum Gasteiger partial charge on any atom is 0.269 e. The molecule has 2 aromatic rings. The van der Waals surface area contributed by atoms with E-state index in [1.54, 1.807) is 7.05 Å². The van der Waals surface area contributed by atoms with Crippen LogP contribution in [0.1, 0.15) is 9.67 Å². The Kier molecular flexibility index (Phi) is 3.61. The quantitative estimate of drug-likeness (QED) is 0.808. The van der Waals surface area contributed by atoms with Crippen LogP contribution in [0.3, 0.4) is 0 Å². The first kappa shape index (κ1) is 13.2. The molecule has 1 aromatic carbocycles. The average molecular weight is 284 g/mol. The topological polar surface area (TPSA) is 80.0 Å². The lowest BCUT2D eigenvalue weighted by Gasteiger charge is -2.05. The number of hydrogen-bond acceptors (Lipinski definition) is 5. The van der Waals surface area contributed by atoms with E-state index in [4.69, 9.17) is 5.73 Å². The predicted molar refractivity (Wildman–Crippen MR) is 70.4 cm³/mol. The maximum atomic E-state index is 13.4. The molecule has 0 bridgehead atoms. The van der Waals surface area contributed by atoms with Gasteiger partial charge in [-0.05, 0) is 12.1 Å². The fraction of sp³-hybridized carbons (Fsp3) is 0.0909. The van der Waals surface area contributed by atoms with Crippen molar-refractivity contribution in [1.82, 2.24) is 4.98 Å². The molecule has 0 aliphatic rings. The van der Waals surface area contributed by atoms with E-state index in [0.717, 1.165) is 23.5 Å². The number of nitrogens with two attached hydrogens (primary N) is 1. The molecule has 2 rings (SSSR count). The van der Waals surface area contributed by atoms with Crippen LogP contribution in [0.4, 0.5) is 25.4 Å². The van der Waals surface area contributed by atoms with Crippen molar-refractivity contribution < 1.29 is 13.6 Å². The van der Waals surface area contributed by atoms with Gasteiger partial charge in [-0.2, -0.15) is 0 Å². The fourth-order valence-corrected chi connectivity index (χ4v) is 2.10. The van der Waals surface area contributed by atoms with E-state index in [2.05, 4.69) is 15.6 Å². The van der Waals surface area contributed by atoms with Crippen LogP contribution in [0, 0.1) is 11.6 Å². The van der Waals surface area contributed by atoms with Crippen molar-refractivity contribution in [2.45, 2.75) is 0 Å². The summed E-state index contributed by atoms with van der Waals surface area (Å²) in [5, 5.41) is 5.54. The summed E-state index contributed by atoms with van der Waals surface area (Å²) in [5.74, 6) is -2.12. The van der Waals surface area contributed by atoms with Gasteiger partial charge in [0.1, 0.15) is 22.3 Å². The zero-order valence-electron chi connectivity index (χ0n) is 9.83. The van der Waals surface area contributed by atoms with Crippen molar-refractivity contribution in [2.24, 2.45) is 0 Å². The van der Waals surface area contributed by atoms with E-state index >= 15 is 0 Å². The van der Waals surface area contributed by atoms with Gasteiger partial charge < -0.3 is 16.4 Å². The molecule has 100 valence electrons. The molecular weight excluding hydrogens is 274 g/mol. The molecule has 4 N–H and O–H groups in total. The van der Waals surface area contributed by atoms with Crippen LogP contribution in [-0.2, 0) is 0 Å². The lowest BCUT2D eigenvalue weighted by atomic mass is 10.3. The Labute approximate surface area is 111 Å². The van der Waals surface area contributed by atoms with E-state index in [-0.39, 0.29) is 16.4 Å². The summed E-state index contributed by atoms with van der Waals surface area (Å²) in [6, 6.07) is 2.87. The third-order valence-electron chi connectivity index (χ3n) is 2.25. The van der Waals surface area contributed by atoms with Crippen LogP contribution >= 0.6 is 11.3 Å². The maximum absolute atomic E-state index is 13.4. The van der Waals surface area contributed by atoms with Crippen molar-refractivity contribution in [1.29, 1.82) is 0 Å². The fourth-order valence-electron chi connectivity index (χ4n) is 1.37. The molecule has 1 heterocycles. The highest BCUT2D eigenvalue weighted by atomic mass is 32.1. The number of halogens is 2. The highest BCUT2D eigenvalue weighted by Crippen LogP contribution is 2.26. The van der Waals surface area contributed by atoms with Crippen LogP contribution in [0.25, 0.3) is 0 Å². The van der Waals surface area contributed by atoms with Crippen molar-refractivity contribution >= 4 is 33.9 Å². The highest BCUT2D eigenvalue weighted by molar-refractivity contribution is 7.18. The molecule has 0 aliphatic heterocycles. The third kappa shape index (κ3) is 2.79. The number of carbonyl (C=O) groups is 1. The third-order valence-corrected chi connectivity index (χ3v) is 3.34. The van der Waals surface area contributed by atoms with Gasteiger partial charge in [0, 0.05) is 13.1 Å². The number of aromatic nitrogens is 1. The molecule has 0 fully saturated rings. The van der Waals surface area contributed by atoms with Gasteiger partial charge in [0.2, 0.25) is 0 Å². The predicted octanol–water partition coefficient (Wildman–Crippen LogP) is 2.30. The Morgan fingerprint density at radius 2 is 2.16 bits per heavy atom. The lowest BCUT2D eigenvalue weighted by Crippen LogP contribution is -2.13. The molecule has 0 saturated carbocycles. The molecule has 0 unspecified atom stereocenters. The second kappa shape index (κ2) is 5.19. The van der Waals surface area contributed by atoms with E-state index in [1.165, 1.54) is 0 Å². The molecule has 0 spiro atoms. The lowest BCUT2D eigenvalue weighted by molar-refractivity contribution is 0.103. The Bertz CT molecular complexity index is 629. The zero-order valence-corrected chi connectivity index (χ0v) is 10.6. The van der Waals surface area contributed by atoms with Gasteiger partial charge >= 0.3 is 0 Å². The van der Waals surface area contributed by atoms with Crippen molar-refractivity contribution in [3.05, 3.63) is 34.7 Å². The number of nitrogens with one attached hydrogen (secondary N) is 2. The normalized spacial score (nSPS) is 10.3. The molecule has 5 nitrogen and oxygen atoms in total. The van der Waals surface area contributed by atoms with Crippen LogP contribution in [-0.4, -0.2) is 17.9 Å². The van der Waals surface area contributed by atoms with E-state index in [9.17, 15) is 13.6 Å². The summed E-state index contributed by atoms with van der Waals surface area (Å²) < 4.78 is 26.1. The van der Waals surface area contributed by atoms with Crippen molar-refractivity contribution in [2.75, 3.05) is 23.4 Å². The monoisotopic (exact) mass is 284 g/mol. The Morgan fingerprint density at radius 1 is 1.42 bits per heavy atom. The number of nitrogens with zero attached hydrogens (tertiary/aromatic N) is 1. The molecule has 19 heavy (non-hydrogen) atoms. The SMILES string of the molecule is CNc1nc(N)c(C(=O)Nc2ccc(F)cc2F)s1. The summed E-state index contributed by atoms with van der Waals surface area (Å²) >= 11 is 1.04. The van der Waals surface area contributed by atoms with Crippen molar-refractivity contribution in [3.63, 3.8) is 0 Å². The summed E-state index contributed by atoms with van der Waals surface area (Å²) in [4.78, 5) is 16.0. The summed E-state index contributed by atoms with van der Waals surface area (Å²) in [5.41, 5.74) is 5.46.